The van der Waals surface area contributed by atoms with Crippen LogP contribution < -0.4 is 0 Å². The van der Waals surface area contributed by atoms with E-state index in [1.165, 1.54) is 25.9 Å². The number of hydrogen-bond acceptors (Lipinski definition) is 3. The van der Waals surface area contributed by atoms with E-state index < -0.39 is 0 Å². The molecule has 0 aromatic heterocycles. The molecule has 0 aromatic carbocycles. The molecule has 0 aromatic rings. The van der Waals surface area contributed by atoms with Gasteiger partial charge in [-0.25, -0.2) is 0 Å². The third-order valence-electron chi connectivity index (χ3n) is 3.20. The van der Waals surface area contributed by atoms with Gasteiger partial charge in [-0.1, -0.05) is 59.0 Å². The molecule has 0 atom stereocenters. The number of likely N-dealkylation sites (N-methyl/N-ethyl adjacent to an activating group) is 1. The number of hydrogen-bond donors (Lipinski definition) is 0. The van der Waals surface area contributed by atoms with E-state index in [0.29, 0.717) is 0 Å². The van der Waals surface area contributed by atoms with Gasteiger partial charge in [0, 0.05) is 13.1 Å². The van der Waals surface area contributed by atoms with E-state index >= 15 is 0 Å². The molecule has 19 heavy (non-hydrogen) atoms. The molecule has 1 saturated heterocycles. The number of nitrogens with zero attached hydrogens (tertiary/aromatic N) is 2. The fourth-order valence-corrected chi connectivity index (χ4v) is 2.04. The number of halogens is 2. The molecular weight excluding hydrogens is 466 g/mol. The average Bonchev–Trinajstić information content (AvgIpc) is 3.00. The van der Waals surface area contributed by atoms with E-state index in [1.54, 1.807) is 0 Å². The van der Waals surface area contributed by atoms with Gasteiger partial charge >= 0.3 is 0 Å². The maximum Gasteiger partial charge on any atom is 0.0594 e. The molecule has 0 radical (unpaired) electrons. The lowest BCUT2D eigenvalue weighted by atomic mass is 10.4. The lowest BCUT2D eigenvalue weighted by Crippen LogP contribution is -2.29. The van der Waals surface area contributed by atoms with Crippen molar-refractivity contribution in [2.45, 2.75) is 26.7 Å². The first-order chi connectivity index (χ1) is 9.36. The number of ether oxygens (including phenoxy) is 1. The summed E-state index contributed by atoms with van der Waals surface area (Å²) >= 11 is 4.30. The van der Waals surface area contributed by atoms with Crippen molar-refractivity contribution in [3.05, 3.63) is 0 Å². The van der Waals surface area contributed by atoms with E-state index in [1.807, 2.05) is 9.86 Å². The van der Waals surface area contributed by atoms with Crippen LogP contribution in [0.15, 0.2) is 0 Å². The highest BCUT2D eigenvalue weighted by Crippen LogP contribution is 2.05. The summed E-state index contributed by atoms with van der Waals surface area (Å²) < 4.78 is 5.65. The summed E-state index contributed by atoms with van der Waals surface area (Å²) in [7, 11) is 0. The Kier molecular flexibility index (Phi) is 23.0. The Morgan fingerprint density at radius 3 is 1.95 bits per heavy atom. The average molecular weight is 498 g/mol. The summed E-state index contributed by atoms with van der Waals surface area (Å²) in [5.74, 6) is 0. The largest absolute Gasteiger partial charge is 0.379 e. The fraction of sp³-hybridized carbons (Fsp3) is 1.00. The second-order valence-electron chi connectivity index (χ2n) is 4.19. The van der Waals surface area contributed by atoms with Crippen LogP contribution in [0.3, 0.4) is 0 Å². The van der Waals surface area contributed by atoms with Crippen molar-refractivity contribution in [1.29, 1.82) is 0 Å². The summed E-state index contributed by atoms with van der Waals surface area (Å²) in [6.07, 6.45) is 2.75. The van der Waals surface area contributed by atoms with Gasteiger partial charge in [0.1, 0.15) is 0 Å². The highest BCUT2D eigenvalue weighted by molar-refractivity contribution is 14.1. The lowest BCUT2D eigenvalue weighted by Gasteiger charge is -2.18. The van der Waals surface area contributed by atoms with Gasteiger partial charge in [0.05, 0.1) is 13.2 Å². The van der Waals surface area contributed by atoms with E-state index in [4.69, 9.17) is 4.74 Å². The predicted molar refractivity (Wildman–Crippen MR) is 104 cm³/mol. The Labute approximate surface area is 148 Å². The summed E-state index contributed by atoms with van der Waals surface area (Å²) in [6, 6.07) is 0. The molecule has 3 nitrogen and oxygen atoms in total. The number of rotatable bonds is 8. The van der Waals surface area contributed by atoms with Gasteiger partial charge in [-0.3, -0.25) is 0 Å². The van der Waals surface area contributed by atoms with E-state index in [2.05, 4.69) is 68.8 Å². The topological polar surface area (TPSA) is 15.7 Å². The second-order valence-corrected chi connectivity index (χ2v) is 4.19. The first kappa shape index (κ1) is 22.6. The zero-order chi connectivity index (χ0) is 14.9. The number of likely N-dealkylation sites (tertiary alicyclic amines) is 1. The normalized spacial score (nSPS) is 14.7. The molecule has 1 fully saturated rings. The van der Waals surface area contributed by atoms with Gasteiger partial charge in [-0.15, -0.1) is 0 Å². The van der Waals surface area contributed by atoms with Crippen molar-refractivity contribution in [2.24, 2.45) is 0 Å². The van der Waals surface area contributed by atoms with Gasteiger partial charge in [-0.05, 0) is 48.9 Å². The van der Waals surface area contributed by atoms with Crippen LogP contribution in [-0.2, 0) is 4.74 Å². The van der Waals surface area contributed by atoms with Crippen LogP contribution in [0.5, 0.6) is 0 Å². The molecule has 0 N–H and O–H groups in total. The summed E-state index contributed by atoms with van der Waals surface area (Å²) in [5, 5.41) is 0. The van der Waals surface area contributed by atoms with E-state index in [9.17, 15) is 0 Å². The summed E-state index contributed by atoms with van der Waals surface area (Å²) in [5.41, 5.74) is 0. The van der Waals surface area contributed by atoms with Gasteiger partial charge in [-0.2, -0.15) is 0 Å². The number of alkyl halides is 2. The Morgan fingerprint density at radius 1 is 0.947 bits per heavy atom. The van der Waals surface area contributed by atoms with Crippen LogP contribution in [0.2, 0.25) is 0 Å². The maximum atomic E-state index is 5.65. The minimum Gasteiger partial charge on any atom is -0.379 e. The zero-order valence-electron chi connectivity index (χ0n) is 13.1. The first-order valence-corrected chi connectivity index (χ1v) is 11.5. The Balaban J connectivity index is 0. The molecule has 0 amide bonds. The van der Waals surface area contributed by atoms with Crippen molar-refractivity contribution in [3.63, 3.8) is 0 Å². The molecular formula is C14H32I2N2O. The molecule has 0 saturated carbocycles. The predicted octanol–water partition coefficient (Wildman–Crippen LogP) is 3.54. The maximum absolute atomic E-state index is 5.65. The van der Waals surface area contributed by atoms with Crippen molar-refractivity contribution < 1.29 is 4.74 Å². The van der Waals surface area contributed by atoms with Crippen LogP contribution in [0, 0.1) is 0 Å². The summed E-state index contributed by atoms with van der Waals surface area (Å²) in [4.78, 5) is 8.84. The SMILES string of the molecule is CCN(CC)CCOCCN1CCCC1.CI.CI. The Bertz CT molecular complexity index is 148. The molecule has 1 aliphatic rings. The fourth-order valence-electron chi connectivity index (χ4n) is 2.04. The minimum absolute atomic E-state index is 0.884. The molecule has 0 spiro atoms. The third-order valence-corrected chi connectivity index (χ3v) is 3.20. The van der Waals surface area contributed by atoms with Gasteiger partial charge in [0.25, 0.3) is 0 Å². The molecule has 1 rings (SSSR count). The van der Waals surface area contributed by atoms with Crippen LogP contribution >= 0.6 is 45.2 Å². The van der Waals surface area contributed by atoms with Crippen LogP contribution in [-0.4, -0.2) is 72.1 Å². The first-order valence-electron chi connectivity index (χ1n) is 7.14. The molecule has 5 heteroatoms. The quantitative estimate of drug-likeness (QED) is 0.290. The summed E-state index contributed by atoms with van der Waals surface area (Å²) in [6.45, 7) is 13.2. The van der Waals surface area contributed by atoms with Crippen molar-refractivity contribution in [3.8, 4) is 0 Å². The Hall–Kier alpha value is 1.34. The van der Waals surface area contributed by atoms with Gasteiger partial charge < -0.3 is 14.5 Å². The highest BCUT2D eigenvalue weighted by Gasteiger charge is 2.10. The molecule has 0 unspecified atom stereocenters. The van der Waals surface area contributed by atoms with E-state index in [0.717, 1.165) is 39.4 Å². The highest BCUT2D eigenvalue weighted by atomic mass is 127. The van der Waals surface area contributed by atoms with E-state index in [-0.39, 0.29) is 0 Å². The lowest BCUT2D eigenvalue weighted by molar-refractivity contribution is 0.0905. The monoisotopic (exact) mass is 498 g/mol. The van der Waals surface area contributed by atoms with Crippen molar-refractivity contribution >= 4 is 45.2 Å². The van der Waals surface area contributed by atoms with Crippen molar-refractivity contribution in [1.82, 2.24) is 9.80 Å². The third kappa shape index (κ3) is 14.1. The molecule has 0 aliphatic carbocycles. The standard InChI is InChI=1S/C12H26N2O.2CH3I/c1-3-13(4-2)9-11-15-12-10-14-7-5-6-8-14;2*1-2/h3-12H2,1-2H3;2*1H3. The zero-order valence-corrected chi connectivity index (χ0v) is 17.4. The minimum atomic E-state index is 0.884. The van der Waals surface area contributed by atoms with Gasteiger partial charge in [0.2, 0.25) is 0 Å². The second kappa shape index (κ2) is 19.3. The van der Waals surface area contributed by atoms with Crippen molar-refractivity contribution in [2.75, 3.05) is 62.3 Å². The van der Waals surface area contributed by atoms with Crippen LogP contribution in [0.4, 0.5) is 0 Å². The smallest absolute Gasteiger partial charge is 0.0594 e. The Morgan fingerprint density at radius 2 is 1.47 bits per heavy atom. The molecule has 0 bridgehead atoms. The van der Waals surface area contributed by atoms with Crippen LogP contribution in [0.1, 0.15) is 26.7 Å². The molecule has 1 heterocycles. The van der Waals surface area contributed by atoms with Gasteiger partial charge in [0.15, 0.2) is 0 Å². The molecule has 118 valence electrons. The molecule has 1 aliphatic heterocycles. The van der Waals surface area contributed by atoms with Crippen LogP contribution in [0.25, 0.3) is 0 Å².